The molecule has 0 saturated heterocycles. The number of benzene rings is 2. The molecule has 2 heterocycles. The minimum Gasteiger partial charge on any atom is -0.345 e. The maximum Gasteiger partial charge on any atom is 0.253 e. The SMILES string of the molecule is CN(C)C(=O)c1cccc(-n2ccc(=O)c(-c3ccnn3-c3cccc(Cl)c3)n2)c1. The van der Waals surface area contributed by atoms with Crippen molar-refractivity contribution in [1.29, 1.82) is 0 Å². The van der Waals surface area contributed by atoms with Crippen LogP contribution in [0.1, 0.15) is 10.4 Å². The van der Waals surface area contributed by atoms with Gasteiger partial charge in [0.05, 0.1) is 23.3 Å². The lowest BCUT2D eigenvalue weighted by atomic mass is 10.2. The molecule has 0 N–H and O–H groups in total. The molecule has 0 fully saturated rings. The first-order valence-electron chi connectivity index (χ1n) is 9.16. The molecule has 0 radical (unpaired) electrons. The molecule has 0 aliphatic carbocycles. The summed E-state index contributed by atoms with van der Waals surface area (Å²) < 4.78 is 3.18. The fourth-order valence-electron chi connectivity index (χ4n) is 3.06. The van der Waals surface area contributed by atoms with Crippen LogP contribution in [-0.2, 0) is 0 Å². The molecule has 4 rings (SSSR count). The van der Waals surface area contributed by atoms with Gasteiger partial charge in [0.25, 0.3) is 5.91 Å². The Morgan fingerprint density at radius 3 is 2.53 bits per heavy atom. The van der Waals surface area contributed by atoms with Gasteiger partial charge in [0.15, 0.2) is 5.69 Å². The largest absolute Gasteiger partial charge is 0.345 e. The van der Waals surface area contributed by atoms with Gasteiger partial charge < -0.3 is 4.90 Å². The summed E-state index contributed by atoms with van der Waals surface area (Å²) in [6, 6.07) is 17.4. The summed E-state index contributed by atoms with van der Waals surface area (Å²) in [5, 5.41) is 9.41. The zero-order valence-corrected chi connectivity index (χ0v) is 17.1. The maximum atomic E-state index is 12.6. The number of hydrogen-bond donors (Lipinski definition) is 0. The Hall–Kier alpha value is -3.71. The van der Waals surface area contributed by atoms with E-state index in [0.717, 1.165) is 5.69 Å². The summed E-state index contributed by atoms with van der Waals surface area (Å²) in [7, 11) is 3.39. The van der Waals surface area contributed by atoms with E-state index < -0.39 is 0 Å². The first-order chi connectivity index (χ1) is 14.4. The molecule has 150 valence electrons. The molecule has 0 saturated carbocycles. The van der Waals surface area contributed by atoms with Crippen molar-refractivity contribution in [2.75, 3.05) is 14.1 Å². The van der Waals surface area contributed by atoms with Crippen LogP contribution in [0, 0.1) is 0 Å². The Morgan fingerprint density at radius 1 is 1.00 bits per heavy atom. The molecule has 1 amide bonds. The second-order valence-corrected chi connectivity index (χ2v) is 7.27. The number of halogens is 1. The van der Waals surface area contributed by atoms with Crippen LogP contribution in [0.5, 0.6) is 0 Å². The van der Waals surface area contributed by atoms with E-state index in [1.165, 1.54) is 11.0 Å². The molecular weight excluding hydrogens is 402 g/mol. The quantitative estimate of drug-likeness (QED) is 0.508. The molecule has 0 aliphatic rings. The van der Waals surface area contributed by atoms with Gasteiger partial charge in [-0.25, -0.2) is 9.36 Å². The van der Waals surface area contributed by atoms with E-state index in [1.54, 1.807) is 72.3 Å². The van der Waals surface area contributed by atoms with E-state index in [-0.39, 0.29) is 17.0 Å². The minimum atomic E-state index is -0.240. The molecule has 0 aliphatic heterocycles. The average molecular weight is 420 g/mol. The number of rotatable bonds is 4. The molecule has 30 heavy (non-hydrogen) atoms. The second kappa shape index (κ2) is 7.96. The monoisotopic (exact) mass is 419 g/mol. The number of aromatic nitrogens is 4. The van der Waals surface area contributed by atoms with Gasteiger partial charge in [-0.15, -0.1) is 0 Å². The zero-order valence-electron chi connectivity index (χ0n) is 16.4. The lowest BCUT2D eigenvalue weighted by Crippen LogP contribution is -2.22. The van der Waals surface area contributed by atoms with Gasteiger partial charge in [0.2, 0.25) is 5.43 Å². The van der Waals surface area contributed by atoms with Gasteiger partial charge in [0, 0.05) is 36.9 Å². The van der Waals surface area contributed by atoms with Crippen LogP contribution >= 0.6 is 11.6 Å². The summed E-state index contributed by atoms with van der Waals surface area (Å²) in [6.45, 7) is 0. The summed E-state index contributed by atoms with van der Waals surface area (Å²) in [6.07, 6.45) is 3.18. The first kappa shape index (κ1) is 19.6. The molecule has 2 aromatic carbocycles. The summed E-state index contributed by atoms with van der Waals surface area (Å²) in [4.78, 5) is 26.4. The molecular formula is C22H18ClN5O2. The number of amides is 1. The van der Waals surface area contributed by atoms with Crippen molar-refractivity contribution in [1.82, 2.24) is 24.5 Å². The summed E-state index contributed by atoms with van der Waals surface area (Å²) in [5.74, 6) is -0.114. The number of carbonyl (C=O) groups is 1. The van der Waals surface area contributed by atoms with Crippen LogP contribution in [0.15, 0.2) is 77.9 Å². The summed E-state index contributed by atoms with van der Waals surface area (Å²) in [5.41, 5.74) is 2.45. The van der Waals surface area contributed by atoms with Gasteiger partial charge in [0.1, 0.15) is 0 Å². The highest BCUT2D eigenvalue weighted by molar-refractivity contribution is 6.30. The Labute approximate surface area is 177 Å². The third-order valence-corrected chi connectivity index (χ3v) is 4.75. The van der Waals surface area contributed by atoms with Gasteiger partial charge in [-0.05, 0) is 42.5 Å². The van der Waals surface area contributed by atoms with Gasteiger partial charge in [-0.2, -0.15) is 10.2 Å². The lowest BCUT2D eigenvalue weighted by Gasteiger charge is -2.13. The fourth-order valence-corrected chi connectivity index (χ4v) is 3.25. The molecule has 8 heteroatoms. The highest BCUT2D eigenvalue weighted by Crippen LogP contribution is 2.21. The standard InChI is InChI=1S/C22H18ClN5O2/c1-26(2)22(30)15-5-3-7-17(13-15)27-12-10-20(29)21(25-27)19-9-11-24-28(19)18-8-4-6-16(23)14-18/h3-14H,1-2H3. The predicted octanol–water partition coefficient (Wildman–Crippen LogP) is 3.44. The molecule has 0 spiro atoms. The highest BCUT2D eigenvalue weighted by Gasteiger charge is 2.15. The first-order valence-corrected chi connectivity index (χ1v) is 9.54. The van der Waals surface area contributed by atoms with E-state index in [4.69, 9.17) is 11.6 Å². The Morgan fingerprint density at radius 2 is 1.77 bits per heavy atom. The number of carbonyl (C=O) groups excluding carboxylic acids is 1. The Bertz CT molecular complexity index is 1290. The van der Waals surface area contributed by atoms with E-state index in [9.17, 15) is 9.59 Å². The third kappa shape index (κ3) is 3.75. The van der Waals surface area contributed by atoms with Gasteiger partial charge in [-0.3, -0.25) is 9.59 Å². The fraction of sp³-hybridized carbons (Fsp3) is 0.0909. The van der Waals surface area contributed by atoms with Crippen molar-refractivity contribution in [3.05, 3.63) is 93.9 Å². The topological polar surface area (TPSA) is 73.0 Å². The van der Waals surface area contributed by atoms with Crippen LogP contribution in [0.3, 0.4) is 0 Å². The van der Waals surface area contributed by atoms with Crippen molar-refractivity contribution in [3.8, 4) is 22.8 Å². The van der Waals surface area contributed by atoms with Crippen molar-refractivity contribution < 1.29 is 4.79 Å². The van der Waals surface area contributed by atoms with Crippen molar-refractivity contribution in [2.24, 2.45) is 0 Å². The number of hydrogen-bond acceptors (Lipinski definition) is 4. The van der Waals surface area contributed by atoms with Crippen molar-refractivity contribution in [2.45, 2.75) is 0 Å². The highest BCUT2D eigenvalue weighted by atomic mass is 35.5. The van der Waals surface area contributed by atoms with Crippen LogP contribution in [0.4, 0.5) is 0 Å². The van der Waals surface area contributed by atoms with Crippen molar-refractivity contribution in [3.63, 3.8) is 0 Å². The number of nitrogens with zero attached hydrogens (tertiary/aromatic N) is 5. The van der Waals surface area contributed by atoms with Crippen LogP contribution in [-0.4, -0.2) is 44.5 Å². The zero-order chi connectivity index (χ0) is 21.3. The minimum absolute atomic E-state index is 0.114. The Balaban J connectivity index is 1.80. The van der Waals surface area contributed by atoms with Crippen LogP contribution in [0.25, 0.3) is 22.8 Å². The molecule has 7 nitrogen and oxygen atoms in total. The average Bonchev–Trinajstić information content (AvgIpc) is 3.23. The molecule has 2 aromatic heterocycles. The second-order valence-electron chi connectivity index (χ2n) is 6.83. The van der Waals surface area contributed by atoms with Gasteiger partial charge in [-0.1, -0.05) is 23.7 Å². The molecule has 4 aromatic rings. The lowest BCUT2D eigenvalue weighted by molar-refractivity contribution is 0.0827. The van der Waals surface area contributed by atoms with E-state index in [2.05, 4.69) is 10.2 Å². The normalized spacial score (nSPS) is 10.8. The third-order valence-electron chi connectivity index (χ3n) is 4.51. The van der Waals surface area contributed by atoms with E-state index >= 15 is 0 Å². The van der Waals surface area contributed by atoms with E-state index in [1.807, 2.05) is 18.2 Å². The molecule has 0 unspecified atom stereocenters. The molecule has 0 atom stereocenters. The summed E-state index contributed by atoms with van der Waals surface area (Å²) >= 11 is 6.11. The Kier molecular flexibility index (Phi) is 5.20. The smallest absolute Gasteiger partial charge is 0.253 e. The predicted molar refractivity (Wildman–Crippen MR) is 115 cm³/mol. The van der Waals surface area contributed by atoms with E-state index in [0.29, 0.717) is 22.0 Å². The van der Waals surface area contributed by atoms with Crippen LogP contribution < -0.4 is 5.43 Å². The maximum absolute atomic E-state index is 12.6. The van der Waals surface area contributed by atoms with Crippen LogP contribution in [0.2, 0.25) is 5.02 Å². The van der Waals surface area contributed by atoms with Gasteiger partial charge >= 0.3 is 0 Å². The van der Waals surface area contributed by atoms with Crippen molar-refractivity contribution >= 4 is 17.5 Å². The molecule has 0 bridgehead atoms.